The number of benzene rings is 1. The first kappa shape index (κ1) is 22.0. The number of halogens is 1. The lowest BCUT2D eigenvalue weighted by molar-refractivity contribution is -0.0430. The molecule has 1 aromatic carbocycles. The zero-order chi connectivity index (χ0) is 23.0. The van der Waals surface area contributed by atoms with Crippen molar-refractivity contribution in [3.05, 3.63) is 36.5 Å². The van der Waals surface area contributed by atoms with Gasteiger partial charge in [0, 0.05) is 57.4 Å². The molecule has 0 atom stereocenters. The topological polar surface area (TPSA) is 60.0 Å². The van der Waals surface area contributed by atoms with E-state index < -0.39 is 0 Å². The van der Waals surface area contributed by atoms with Gasteiger partial charge in [0.2, 0.25) is 0 Å². The van der Waals surface area contributed by atoms with E-state index >= 15 is 0 Å². The van der Waals surface area contributed by atoms with Crippen LogP contribution in [0.5, 0.6) is 17.2 Å². The summed E-state index contributed by atoms with van der Waals surface area (Å²) in [5.74, 6) is 2.78. The van der Waals surface area contributed by atoms with Crippen molar-refractivity contribution in [3.63, 3.8) is 0 Å². The first-order valence-electron chi connectivity index (χ1n) is 12.6. The molecule has 3 aliphatic heterocycles. The predicted molar refractivity (Wildman–Crippen MR) is 126 cm³/mol. The Labute approximate surface area is 200 Å². The third-order valence-corrected chi connectivity index (χ3v) is 7.71. The highest BCUT2D eigenvalue weighted by Crippen LogP contribution is 2.45. The lowest BCUT2D eigenvalue weighted by Gasteiger charge is -2.61. The van der Waals surface area contributed by atoms with Crippen molar-refractivity contribution in [2.24, 2.45) is 11.3 Å². The quantitative estimate of drug-likeness (QED) is 0.601. The van der Waals surface area contributed by atoms with Gasteiger partial charge in [-0.2, -0.15) is 0 Å². The van der Waals surface area contributed by atoms with Crippen LogP contribution in [0.2, 0.25) is 0 Å². The van der Waals surface area contributed by atoms with Crippen molar-refractivity contribution in [3.8, 4) is 17.2 Å². The zero-order valence-electron chi connectivity index (χ0n) is 19.6. The Morgan fingerprint density at radius 1 is 1.00 bits per heavy atom. The van der Waals surface area contributed by atoms with E-state index in [1.54, 1.807) is 18.6 Å². The molecule has 0 amide bonds. The van der Waals surface area contributed by atoms with E-state index in [0.717, 1.165) is 76.8 Å². The highest BCUT2D eigenvalue weighted by Gasteiger charge is 2.52. The number of hydrogen-bond acceptors (Lipinski definition) is 7. The van der Waals surface area contributed by atoms with Gasteiger partial charge >= 0.3 is 0 Å². The lowest BCUT2D eigenvalue weighted by atomic mass is 9.72. The largest absolute Gasteiger partial charge is 0.486 e. The number of rotatable bonds is 7. The Bertz CT molecular complexity index is 995. The second-order valence-corrected chi connectivity index (χ2v) is 10.5. The number of likely N-dealkylation sites (tertiary alicyclic amines) is 1. The van der Waals surface area contributed by atoms with Crippen LogP contribution < -0.4 is 14.4 Å². The third-order valence-electron chi connectivity index (χ3n) is 7.71. The minimum Gasteiger partial charge on any atom is -0.486 e. The van der Waals surface area contributed by atoms with Crippen LogP contribution >= 0.6 is 0 Å². The third kappa shape index (κ3) is 4.58. The van der Waals surface area contributed by atoms with Gasteiger partial charge in [0.1, 0.15) is 12.1 Å². The molecular weight excluding hydrogens is 435 g/mol. The van der Waals surface area contributed by atoms with Gasteiger partial charge in [0.05, 0.1) is 12.3 Å². The fourth-order valence-corrected chi connectivity index (χ4v) is 6.02. The van der Waals surface area contributed by atoms with Crippen LogP contribution in [0, 0.1) is 17.2 Å². The van der Waals surface area contributed by atoms with Crippen molar-refractivity contribution >= 4 is 5.82 Å². The number of anilines is 1. The van der Waals surface area contributed by atoms with Crippen molar-refractivity contribution in [2.45, 2.75) is 44.6 Å². The van der Waals surface area contributed by atoms with Crippen LogP contribution in [-0.2, 0) is 4.74 Å². The maximum absolute atomic E-state index is 14.0. The molecule has 3 saturated heterocycles. The summed E-state index contributed by atoms with van der Waals surface area (Å²) in [7, 11) is 0. The summed E-state index contributed by atoms with van der Waals surface area (Å²) < 4.78 is 31.8. The molecule has 4 heterocycles. The first-order valence-corrected chi connectivity index (χ1v) is 12.6. The van der Waals surface area contributed by atoms with Crippen LogP contribution in [0.25, 0.3) is 0 Å². The standard InChI is InChI=1S/C26H33FN4O3/c27-20-5-6-22(23(11-20)33-21-3-1-2-4-21)34-24-12-28-18-29-25(24)31-16-26(17-31)14-30(15-26)13-19-7-9-32-10-8-19/h5-6,11-12,18-19,21H,1-4,7-10,13-17H2. The molecule has 0 N–H and O–H groups in total. The molecule has 1 spiro atoms. The van der Waals surface area contributed by atoms with Gasteiger partial charge in [-0.1, -0.05) is 0 Å². The number of ether oxygens (including phenoxy) is 3. The molecule has 182 valence electrons. The fourth-order valence-electron chi connectivity index (χ4n) is 6.02. The highest BCUT2D eigenvalue weighted by atomic mass is 19.1. The molecule has 0 radical (unpaired) electrons. The van der Waals surface area contributed by atoms with Crippen molar-refractivity contribution < 1.29 is 18.6 Å². The SMILES string of the molecule is Fc1ccc(Oc2cncnc2N2CC3(CN(CC4CCOCC4)C3)C2)c(OC2CCCC2)c1. The van der Waals surface area contributed by atoms with E-state index in [2.05, 4.69) is 19.8 Å². The summed E-state index contributed by atoms with van der Waals surface area (Å²) >= 11 is 0. The Morgan fingerprint density at radius 3 is 2.59 bits per heavy atom. The van der Waals surface area contributed by atoms with Crippen LogP contribution in [0.3, 0.4) is 0 Å². The van der Waals surface area contributed by atoms with Gasteiger partial charge in [-0.15, -0.1) is 0 Å². The van der Waals surface area contributed by atoms with Gasteiger partial charge in [0.25, 0.3) is 0 Å². The highest BCUT2D eigenvalue weighted by molar-refractivity contribution is 5.56. The number of hydrogen-bond donors (Lipinski definition) is 0. The lowest BCUT2D eigenvalue weighted by Crippen LogP contribution is -2.72. The molecule has 8 heteroatoms. The molecular formula is C26H33FN4O3. The molecule has 4 fully saturated rings. The molecule has 1 aliphatic carbocycles. The van der Waals surface area contributed by atoms with E-state index in [1.807, 2.05) is 0 Å². The molecule has 7 nitrogen and oxygen atoms in total. The minimum absolute atomic E-state index is 0.119. The second-order valence-electron chi connectivity index (χ2n) is 10.5. The van der Waals surface area contributed by atoms with E-state index in [4.69, 9.17) is 14.2 Å². The van der Waals surface area contributed by atoms with Crippen LogP contribution in [-0.4, -0.2) is 66.9 Å². The zero-order valence-corrected chi connectivity index (χ0v) is 19.6. The maximum Gasteiger partial charge on any atom is 0.188 e. The summed E-state index contributed by atoms with van der Waals surface area (Å²) in [5.41, 5.74) is 0.361. The summed E-state index contributed by atoms with van der Waals surface area (Å²) in [5, 5.41) is 0. The van der Waals surface area contributed by atoms with Gasteiger partial charge in [-0.05, 0) is 56.6 Å². The van der Waals surface area contributed by atoms with Gasteiger partial charge in [-0.25, -0.2) is 14.4 Å². The number of nitrogens with zero attached hydrogens (tertiary/aromatic N) is 4. The normalized spacial score (nSPS) is 23.0. The van der Waals surface area contributed by atoms with Crippen LogP contribution in [0.1, 0.15) is 38.5 Å². The van der Waals surface area contributed by atoms with Crippen LogP contribution in [0.4, 0.5) is 10.2 Å². The van der Waals surface area contributed by atoms with Crippen molar-refractivity contribution in [1.29, 1.82) is 0 Å². The van der Waals surface area contributed by atoms with Gasteiger partial charge < -0.3 is 24.0 Å². The molecule has 0 unspecified atom stereocenters. The Hall–Kier alpha value is -2.45. The van der Waals surface area contributed by atoms with Crippen molar-refractivity contribution in [1.82, 2.24) is 14.9 Å². The monoisotopic (exact) mass is 468 g/mol. The maximum atomic E-state index is 14.0. The molecule has 0 bridgehead atoms. The summed E-state index contributed by atoms with van der Waals surface area (Å²) in [6.45, 7) is 7.27. The van der Waals surface area contributed by atoms with E-state index in [9.17, 15) is 4.39 Å². The van der Waals surface area contributed by atoms with Crippen LogP contribution in [0.15, 0.2) is 30.7 Å². The molecule has 2 aromatic rings. The molecule has 1 aromatic heterocycles. The van der Waals surface area contributed by atoms with Gasteiger partial charge in [-0.3, -0.25) is 0 Å². The second kappa shape index (κ2) is 9.30. The average molecular weight is 469 g/mol. The smallest absolute Gasteiger partial charge is 0.188 e. The molecule has 1 saturated carbocycles. The summed E-state index contributed by atoms with van der Waals surface area (Å²) in [4.78, 5) is 13.6. The van der Waals surface area contributed by atoms with E-state index in [1.165, 1.54) is 31.5 Å². The van der Waals surface area contributed by atoms with Crippen molar-refractivity contribution in [2.75, 3.05) is 50.8 Å². The van der Waals surface area contributed by atoms with E-state index in [-0.39, 0.29) is 11.9 Å². The summed E-state index contributed by atoms with van der Waals surface area (Å²) in [6, 6.07) is 4.45. The average Bonchev–Trinajstić information content (AvgIpc) is 3.31. The molecule has 6 rings (SSSR count). The Morgan fingerprint density at radius 2 is 1.79 bits per heavy atom. The molecule has 34 heavy (non-hydrogen) atoms. The number of aromatic nitrogens is 2. The Balaban J connectivity index is 1.09. The Kier molecular flexibility index (Phi) is 6.03. The minimum atomic E-state index is -0.329. The predicted octanol–water partition coefficient (Wildman–Crippen LogP) is 4.28. The fraction of sp³-hybridized carbons (Fsp3) is 0.615. The summed E-state index contributed by atoms with van der Waals surface area (Å²) in [6.07, 6.45) is 10.0. The first-order chi connectivity index (χ1) is 16.7. The van der Waals surface area contributed by atoms with Gasteiger partial charge in [0.15, 0.2) is 23.1 Å². The van der Waals surface area contributed by atoms with E-state index in [0.29, 0.717) is 22.7 Å². The molecule has 4 aliphatic rings.